The topological polar surface area (TPSA) is 44.4 Å². The molecule has 1 aliphatic rings. The van der Waals surface area contributed by atoms with Gasteiger partial charge in [0.25, 0.3) is 0 Å². The van der Waals surface area contributed by atoms with E-state index < -0.39 is 17.5 Å². The molecule has 0 aromatic heterocycles. The van der Waals surface area contributed by atoms with E-state index in [2.05, 4.69) is 15.5 Å². The molecular formula is C13H24F3N3O. The molecule has 4 nitrogen and oxygen atoms in total. The maximum Gasteiger partial charge on any atom is 0.404 e. The zero-order valence-electron chi connectivity index (χ0n) is 12.1. The first-order valence-electron chi connectivity index (χ1n) is 7.15. The Kier molecular flexibility index (Phi) is 6.26. The average molecular weight is 295 g/mol. The summed E-state index contributed by atoms with van der Waals surface area (Å²) in [6, 6.07) is 0. The first-order valence-corrected chi connectivity index (χ1v) is 7.15. The zero-order chi connectivity index (χ0) is 15.2. The van der Waals surface area contributed by atoms with Crippen LogP contribution in [0.2, 0.25) is 0 Å². The van der Waals surface area contributed by atoms with E-state index in [4.69, 9.17) is 0 Å². The van der Waals surface area contributed by atoms with Crippen LogP contribution < -0.4 is 10.6 Å². The van der Waals surface area contributed by atoms with Crippen molar-refractivity contribution in [1.82, 2.24) is 15.5 Å². The number of halogens is 3. The Morgan fingerprint density at radius 3 is 2.50 bits per heavy atom. The van der Waals surface area contributed by atoms with Gasteiger partial charge >= 0.3 is 6.18 Å². The number of alkyl halides is 3. The summed E-state index contributed by atoms with van der Waals surface area (Å²) in [4.78, 5) is 14.1. The predicted octanol–water partition coefficient (Wildman–Crippen LogP) is 1.38. The lowest BCUT2D eigenvalue weighted by atomic mass is 9.85. The number of rotatable bonds is 7. The molecule has 20 heavy (non-hydrogen) atoms. The van der Waals surface area contributed by atoms with Crippen LogP contribution in [0.1, 0.15) is 26.7 Å². The SMILES string of the molecule is CCCN(CC)CCNC(=O)C1(C(F)(F)F)CCNC1. The Labute approximate surface area is 118 Å². The van der Waals surface area contributed by atoms with Gasteiger partial charge in [-0.3, -0.25) is 4.79 Å². The fraction of sp³-hybridized carbons (Fsp3) is 0.923. The molecule has 118 valence electrons. The zero-order valence-corrected chi connectivity index (χ0v) is 12.1. The Bertz CT molecular complexity index is 314. The number of likely N-dealkylation sites (N-methyl/N-ethyl adjacent to an activating group) is 1. The van der Waals surface area contributed by atoms with E-state index in [1.807, 2.05) is 13.8 Å². The molecule has 7 heteroatoms. The summed E-state index contributed by atoms with van der Waals surface area (Å²) in [6.45, 7) is 6.49. The normalized spacial score (nSPS) is 23.3. The van der Waals surface area contributed by atoms with E-state index in [-0.39, 0.29) is 26.1 Å². The fourth-order valence-corrected chi connectivity index (χ4v) is 2.50. The molecule has 0 spiro atoms. The van der Waals surface area contributed by atoms with Gasteiger partial charge in [-0.2, -0.15) is 13.2 Å². The van der Waals surface area contributed by atoms with Crippen molar-refractivity contribution in [1.29, 1.82) is 0 Å². The van der Waals surface area contributed by atoms with Crippen LogP contribution in [0.25, 0.3) is 0 Å². The first-order chi connectivity index (χ1) is 9.37. The van der Waals surface area contributed by atoms with Gasteiger partial charge in [0, 0.05) is 19.6 Å². The monoisotopic (exact) mass is 295 g/mol. The maximum atomic E-state index is 13.1. The predicted molar refractivity (Wildman–Crippen MR) is 71.4 cm³/mol. The van der Waals surface area contributed by atoms with Crippen LogP contribution in [0.4, 0.5) is 13.2 Å². The van der Waals surface area contributed by atoms with Gasteiger partial charge in [-0.15, -0.1) is 0 Å². The van der Waals surface area contributed by atoms with Crippen LogP contribution in [-0.2, 0) is 4.79 Å². The number of hydrogen-bond acceptors (Lipinski definition) is 3. The van der Waals surface area contributed by atoms with Crippen molar-refractivity contribution in [2.24, 2.45) is 5.41 Å². The molecule has 0 aromatic carbocycles. The largest absolute Gasteiger partial charge is 0.404 e. The number of carbonyl (C=O) groups is 1. The summed E-state index contributed by atoms with van der Waals surface area (Å²) >= 11 is 0. The van der Waals surface area contributed by atoms with Crippen molar-refractivity contribution < 1.29 is 18.0 Å². The van der Waals surface area contributed by atoms with Gasteiger partial charge in [0.2, 0.25) is 5.91 Å². The minimum atomic E-state index is -4.51. The molecule has 1 heterocycles. The van der Waals surface area contributed by atoms with Crippen LogP contribution in [0.5, 0.6) is 0 Å². The first kappa shape index (κ1) is 17.2. The number of nitrogens with one attached hydrogen (secondary N) is 2. The van der Waals surface area contributed by atoms with E-state index in [1.54, 1.807) is 0 Å². The van der Waals surface area contributed by atoms with Crippen LogP contribution in [0.15, 0.2) is 0 Å². The van der Waals surface area contributed by atoms with Gasteiger partial charge in [-0.1, -0.05) is 13.8 Å². The molecule has 1 unspecified atom stereocenters. The van der Waals surface area contributed by atoms with Crippen LogP contribution in [0, 0.1) is 5.41 Å². The molecule has 0 bridgehead atoms. The van der Waals surface area contributed by atoms with E-state index in [0.29, 0.717) is 6.54 Å². The lowest BCUT2D eigenvalue weighted by Gasteiger charge is -2.30. The number of amides is 1. The summed E-state index contributed by atoms with van der Waals surface area (Å²) in [5, 5.41) is 5.09. The highest BCUT2D eigenvalue weighted by Gasteiger charge is 2.61. The average Bonchev–Trinajstić information content (AvgIpc) is 2.87. The number of carbonyl (C=O) groups excluding carboxylic acids is 1. The fourth-order valence-electron chi connectivity index (χ4n) is 2.50. The standard InChI is InChI=1S/C13H24F3N3O/c1-3-8-19(4-2)9-7-18-11(20)12(13(14,15)16)5-6-17-10-12/h17H,3-10H2,1-2H3,(H,18,20). The molecule has 0 saturated carbocycles. The molecule has 0 radical (unpaired) electrons. The third-order valence-corrected chi connectivity index (χ3v) is 3.83. The van der Waals surface area contributed by atoms with Crippen LogP contribution in [-0.4, -0.2) is 56.3 Å². The van der Waals surface area contributed by atoms with Crippen molar-refractivity contribution in [3.05, 3.63) is 0 Å². The molecule has 1 saturated heterocycles. The van der Waals surface area contributed by atoms with E-state index in [1.165, 1.54) is 0 Å². The number of nitrogens with zero attached hydrogens (tertiary/aromatic N) is 1. The second kappa shape index (κ2) is 7.26. The minimum Gasteiger partial charge on any atom is -0.354 e. The van der Waals surface area contributed by atoms with Crippen molar-refractivity contribution in [2.75, 3.05) is 39.3 Å². The summed E-state index contributed by atoms with van der Waals surface area (Å²) in [7, 11) is 0. The Morgan fingerprint density at radius 1 is 1.35 bits per heavy atom. The maximum absolute atomic E-state index is 13.1. The molecule has 1 amide bonds. The number of hydrogen-bond donors (Lipinski definition) is 2. The molecule has 1 aliphatic heterocycles. The Morgan fingerprint density at radius 2 is 2.05 bits per heavy atom. The third-order valence-electron chi connectivity index (χ3n) is 3.83. The van der Waals surface area contributed by atoms with Gasteiger partial charge in [-0.25, -0.2) is 0 Å². The molecule has 1 fully saturated rings. The van der Waals surface area contributed by atoms with Gasteiger partial charge in [-0.05, 0) is 32.5 Å². The van der Waals surface area contributed by atoms with Crippen molar-refractivity contribution in [3.63, 3.8) is 0 Å². The summed E-state index contributed by atoms with van der Waals surface area (Å²) < 4.78 is 39.4. The van der Waals surface area contributed by atoms with E-state index in [9.17, 15) is 18.0 Å². The molecule has 0 aliphatic carbocycles. The highest BCUT2D eigenvalue weighted by atomic mass is 19.4. The van der Waals surface area contributed by atoms with Crippen LogP contribution >= 0.6 is 0 Å². The van der Waals surface area contributed by atoms with Gasteiger partial charge in [0.1, 0.15) is 0 Å². The van der Waals surface area contributed by atoms with Gasteiger partial charge in [0.15, 0.2) is 5.41 Å². The van der Waals surface area contributed by atoms with Gasteiger partial charge in [0.05, 0.1) is 0 Å². The van der Waals surface area contributed by atoms with E-state index >= 15 is 0 Å². The molecular weight excluding hydrogens is 271 g/mol. The molecule has 0 aromatic rings. The second-order valence-corrected chi connectivity index (χ2v) is 5.20. The second-order valence-electron chi connectivity index (χ2n) is 5.20. The highest BCUT2D eigenvalue weighted by Crippen LogP contribution is 2.43. The Hall–Kier alpha value is -0.820. The van der Waals surface area contributed by atoms with Gasteiger partial charge < -0.3 is 15.5 Å². The Balaban J connectivity index is 2.52. The smallest absolute Gasteiger partial charge is 0.354 e. The van der Waals surface area contributed by atoms with E-state index in [0.717, 1.165) is 19.5 Å². The lowest BCUT2D eigenvalue weighted by molar-refractivity contribution is -0.216. The molecule has 1 rings (SSSR count). The molecule has 1 atom stereocenters. The third kappa shape index (κ3) is 3.85. The summed E-state index contributed by atoms with van der Waals surface area (Å²) in [5.74, 6) is -0.900. The van der Waals surface area contributed by atoms with Crippen molar-refractivity contribution in [3.8, 4) is 0 Å². The summed E-state index contributed by atoms with van der Waals surface area (Å²) in [5.41, 5.74) is -2.26. The van der Waals surface area contributed by atoms with Crippen molar-refractivity contribution in [2.45, 2.75) is 32.9 Å². The van der Waals surface area contributed by atoms with Crippen molar-refractivity contribution >= 4 is 5.91 Å². The summed E-state index contributed by atoms with van der Waals surface area (Å²) in [6.07, 6.45) is -3.71. The molecule has 2 N–H and O–H groups in total. The minimum absolute atomic E-state index is 0.186. The highest BCUT2D eigenvalue weighted by molar-refractivity contribution is 5.84. The van der Waals surface area contributed by atoms with Crippen LogP contribution in [0.3, 0.4) is 0 Å². The lowest BCUT2D eigenvalue weighted by Crippen LogP contribution is -2.53. The quantitative estimate of drug-likeness (QED) is 0.746.